The first-order valence-corrected chi connectivity index (χ1v) is 5.64. The molecule has 0 atom stereocenters. The average Bonchev–Trinajstić information content (AvgIpc) is 2.56. The van der Waals surface area contributed by atoms with Gasteiger partial charge in [0.15, 0.2) is 5.95 Å². The molecule has 3 N–H and O–H groups in total. The van der Waals surface area contributed by atoms with Crippen molar-refractivity contribution in [2.75, 3.05) is 12.8 Å². The minimum absolute atomic E-state index is 0.343. The summed E-state index contributed by atoms with van der Waals surface area (Å²) in [5, 5.41) is 0.961. The molecule has 1 heterocycles. The number of halogens is 2. The number of anilines is 1. The van der Waals surface area contributed by atoms with Gasteiger partial charge in [0.1, 0.15) is 5.75 Å². The molecule has 0 aliphatic heterocycles. The summed E-state index contributed by atoms with van der Waals surface area (Å²) in [5.74, 6) is 0.876. The first-order valence-electron chi connectivity index (χ1n) is 4.88. The molecule has 0 aliphatic rings. The van der Waals surface area contributed by atoms with Gasteiger partial charge in [-0.1, -0.05) is 23.2 Å². The van der Waals surface area contributed by atoms with Crippen molar-refractivity contribution in [3.8, 4) is 17.0 Å². The van der Waals surface area contributed by atoms with Crippen molar-refractivity contribution in [1.29, 1.82) is 0 Å². The van der Waals surface area contributed by atoms with E-state index in [1.807, 2.05) is 6.92 Å². The molecule has 0 amide bonds. The number of benzene rings is 1. The maximum absolute atomic E-state index is 6.07. The molecule has 1 aromatic heterocycles. The Morgan fingerprint density at radius 1 is 1.35 bits per heavy atom. The zero-order chi connectivity index (χ0) is 12.6. The molecule has 0 spiro atoms. The van der Waals surface area contributed by atoms with Gasteiger partial charge in [-0.15, -0.1) is 0 Å². The molecule has 2 rings (SSSR count). The van der Waals surface area contributed by atoms with E-state index in [4.69, 9.17) is 33.7 Å². The van der Waals surface area contributed by atoms with E-state index in [1.54, 1.807) is 19.2 Å². The van der Waals surface area contributed by atoms with Gasteiger partial charge in [-0.05, 0) is 19.1 Å². The highest BCUT2D eigenvalue weighted by Gasteiger charge is 2.16. The number of nitrogen functional groups attached to an aromatic ring is 1. The van der Waals surface area contributed by atoms with E-state index in [0.29, 0.717) is 27.4 Å². The molecular formula is C11H11Cl2N3O. The second-order valence-electron chi connectivity index (χ2n) is 3.56. The van der Waals surface area contributed by atoms with Crippen LogP contribution in [-0.2, 0) is 0 Å². The lowest BCUT2D eigenvalue weighted by Gasteiger charge is -2.09. The maximum atomic E-state index is 6.07. The lowest BCUT2D eigenvalue weighted by molar-refractivity contribution is 0.416. The first kappa shape index (κ1) is 12.1. The number of methoxy groups -OCH3 is 1. The summed E-state index contributed by atoms with van der Waals surface area (Å²) >= 11 is 12.0. The van der Waals surface area contributed by atoms with Gasteiger partial charge in [0.25, 0.3) is 0 Å². The summed E-state index contributed by atoms with van der Waals surface area (Å²) in [5.41, 5.74) is 7.85. The zero-order valence-corrected chi connectivity index (χ0v) is 10.9. The molecule has 4 nitrogen and oxygen atoms in total. The number of nitrogens with one attached hydrogen (secondary N) is 1. The van der Waals surface area contributed by atoms with Gasteiger partial charge in [0.05, 0.1) is 17.8 Å². The Morgan fingerprint density at radius 3 is 2.59 bits per heavy atom. The van der Waals surface area contributed by atoms with E-state index in [1.165, 1.54) is 0 Å². The molecule has 0 bridgehead atoms. The van der Waals surface area contributed by atoms with E-state index in [2.05, 4.69) is 9.97 Å². The quantitative estimate of drug-likeness (QED) is 0.881. The molecule has 0 radical (unpaired) electrons. The van der Waals surface area contributed by atoms with Crippen molar-refractivity contribution in [2.45, 2.75) is 6.92 Å². The molecule has 0 unspecified atom stereocenters. The van der Waals surface area contributed by atoms with Crippen molar-refractivity contribution in [1.82, 2.24) is 9.97 Å². The topological polar surface area (TPSA) is 63.9 Å². The SMILES string of the molecule is COc1c(Cl)cc(Cl)cc1-c1nc(N)[nH]c1C. The highest BCUT2D eigenvalue weighted by Crippen LogP contribution is 2.39. The predicted molar refractivity (Wildman–Crippen MR) is 69.7 cm³/mol. The van der Waals surface area contributed by atoms with Gasteiger partial charge in [-0.2, -0.15) is 0 Å². The van der Waals surface area contributed by atoms with Crippen LogP contribution in [0.4, 0.5) is 5.95 Å². The number of aromatic nitrogens is 2. The van der Waals surface area contributed by atoms with Crippen LogP contribution in [0.3, 0.4) is 0 Å². The van der Waals surface area contributed by atoms with E-state index >= 15 is 0 Å². The monoisotopic (exact) mass is 271 g/mol. The third-order valence-electron chi connectivity index (χ3n) is 2.37. The third-order valence-corrected chi connectivity index (χ3v) is 2.87. The number of H-pyrrole nitrogens is 1. The molecule has 17 heavy (non-hydrogen) atoms. The summed E-state index contributed by atoms with van der Waals surface area (Å²) in [4.78, 5) is 7.12. The highest BCUT2D eigenvalue weighted by atomic mass is 35.5. The number of aryl methyl sites for hydroxylation is 1. The standard InChI is InChI=1S/C11H11Cl2N3O/c1-5-9(16-11(14)15-5)7-3-6(12)4-8(13)10(7)17-2/h3-4H,1-2H3,(H3,14,15,16). The van der Waals surface area contributed by atoms with Crippen LogP contribution < -0.4 is 10.5 Å². The third kappa shape index (κ3) is 2.18. The van der Waals surface area contributed by atoms with E-state index in [-0.39, 0.29) is 0 Å². The van der Waals surface area contributed by atoms with Crippen LogP contribution in [0.25, 0.3) is 11.3 Å². The fraction of sp³-hybridized carbons (Fsp3) is 0.182. The van der Waals surface area contributed by atoms with Crippen LogP contribution in [0, 0.1) is 6.92 Å². The summed E-state index contributed by atoms with van der Waals surface area (Å²) in [6, 6.07) is 3.37. The van der Waals surface area contributed by atoms with Gasteiger partial charge in [-0.25, -0.2) is 4.98 Å². The minimum atomic E-state index is 0.343. The normalized spacial score (nSPS) is 10.6. The summed E-state index contributed by atoms with van der Waals surface area (Å²) < 4.78 is 5.26. The Bertz CT molecular complexity index is 566. The van der Waals surface area contributed by atoms with Crippen molar-refractivity contribution in [3.63, 3.8) is 0 Å². The van der Waals surface area contributed by atoms with Crippen molar-refractivity contribution >= 4 is 29.2 Å². The molecule has 90 valence electrons. The van der Waals surface area contributed by atoms with Gasteiger partial charge < -0.3 is 15.5 Å². The summed E-state index contributed by atoms with van der Waals surface area (Å²) in [6.07, 6.45) is 0. The number of nitrogens with zero attached hydrogens (tertiary/aromatic N) is 1. The smallest absolute Gasteiger partial charge is 0.198 e. The van der Waals surface area contributed by atoms with E-state index in [9.17, 15) is 0 Å². The molecule has 6 heteroatoms. The summed E-state index contributed by atoms with van der Waals surface area (Å²) in [6.45, 7) is 1.87. The fourth-order valence-electron chi connectivity index (χ4n) is 1.69. The number of hydrogen-bond acceptors (Lipinski definition) is 3. The van der Waals surface area contributed by atoms with Crippen LogP contribution >= 0.6 is 23.2 Å². The minimum Gasteiger partial charge on any atom is -0.494 e. The van der Waals surface area contributed by atoms with Crippen LogP contribution in [0.2, 0.25) is 10.0 Å². The zero-order valence-electron chi connectivity index (χ0n) is 9.34. The Kier molecular flexibility index (Phi) is 3.17. The fourth-order valence-corrected chi connectivity index (χ4v) is 2.26. The van der Waals surface area contributed by atoms with Gasteiger partial charge in [0, 0.05) is 16.3 Å². The Balaban J connectivity index is 2.69. The highest BCUT2D eigenvalue weighted by molar-refractivity contribution is 6.36. The predicted octanol–water partition coefficient (Wildman–Crippen LogP) is 3.28. The number of ether oxygens (including phenoxy) is 1. The number of rotatable bonds is 2. The lowest BCUT2D eigenvalue weighted by atomic mass is 10.1. The molecule has 1 aromatic carbocycles. The van der Waals surface area contributed by atoms with Gasteiger partial charge in [-0.3, -0.25) is 0 Å². The van der Waals surface area contributed by atoms with Gasteiger partial charge in [0.2, 0.25) is 0 Å². The van der Waals surface area contributed by atoms with Crippen LogP contribution in [0.15, 0.2) is 12.1 Å². The molecule has 0 saturated carbocycles. The second-order valence-corrected chi connectivity index (χ2v) is 4.41. The molecule has 0 fully saturated rings. The van der Waals surface area contributed by atoms with Crippen molar-refractivity contribution in [3.05, 3.63) is 27.9 Å². The Hall–Kier alpha value is -1.39. The van der Waals surface area contributed by atoms with Crippen molar-refractivity contribution < 1.29 is 4.74 Å². The number of imidazole rings is 1. The average molecular weight is 272 g/mol. The maximum Gasteiger partial charge on any atom is 0.198 e. The number of nitrogens with two attached hydrogens (primary N) is 1. The van der Waals surface area contributed by atoms with Crippen LogP contribution in [0.5, 0.6) is 5.75 Å². The molecule has 0 aliphatic carbocycles. The molecule has 2 aromatic rings. The Morgan fingerprint density at radius 2 is 2.06 bits per heavy atom. The lowest BCUT2D eigenvalue weighted by Crippen LogP contribution is -1.91. The first-order chi connectivity index (χ1) is 8.02. The molecule has 0 saturated heterocycles. The number of aromatic amines is 1. The summed E-state index contributed by atoms with van der Waals surface area (Å²) in [7, 11) is 1.55. The van der Waals surface area contributed by atoms with Crippen molar-refractivity contribution in [2.24, 2.45) is 0 Å². The van der Waals surface area contributed by atoms with E-state index < -0.39 is 0 Å². The van der Waals surface area contributed by atoms with E-state index in [0.717, 1.165) is 11.3 Å². The number of hydrogen-bond donors (Lipinski definition) is 2. The van der Waals surface area contributed by atoms with Gasteiger partial charge >= 0.3 is 0 Å². The Labute approximate surface area is 109 Å². The van der Waals surface area contributed by atoms with Crippen LogP contribution in [0.1, 0.15) is 5.69 Å². The second kappa shape index (κ2) is 4.47. The van der Waals surface area contributed by atoms with Crippen LogP contribution in [-0.4, -0.2) is 17.1 Å². The molecular weight excluding hydrogens is 261 g/mol. The largest absolute Gasteiger partial charge is 0.494 e.